The van der Waals surface area contributed by atoms with Crippen molar-refractivity contribution in [2.24, 2.45) is 0 Å². The number of rotatable bonds is 5. The van der Waals surface area contributed by atoms with Gasteiger partial charge in [0.15, 0.2) is 5.11 Å². The van der Waals surface area contributed by atoms with E-state index >= 15 is 0 Å². The van der Waals surface area contributed by atoms with Crippen molar-refractivity contribution in [3.05, 3.63) is 48.4 Å². The maximum Gasteiger partial charge on any atom is 0.406 e. The van der Waals surface area contributed by atoms with Crippen molar-refractivity contribution in [3.63, 3.8) is 0 Å². The van der Waals surface area contributed by atoms with Crippen molar-refractivity contribution in [3.8, 4) is 5.75 Å². The van der Waals surface area contributed by atoms with Crippen molar-refractivity contribution < 1.29 is 22.3 Å². The summed E-state index contributed by atoms with van der Waals surface area (Å²) in [5, 5.41) is 2.74. The second-order valence-corrected chi connectivity index (χ2v) is 5.10. The first kappa shape index (κ1) is 17.1. The number of nitrogens with one attached hydrogen (secondary N) is 1. The summed E-state index contributed by atoms with van der Waals surface area (Å²) in [5.74, 6) is 0.968. The molecule has 0 spiro atoms. The van der Waals surface area contributed by atoms with E-state index in [1.165, 1.54) is 13.4 Å². The predicted molar refractivity (Wildman–Crippen MR) is 84.4 cm³/mol. The Morgan fingerprint density at radius 2 is 2.09 bits per heavy atom. The molecule has 23 heavy (non-hydrogen) atoms. The maximum absolute atomic E-state index is 12.8. The molecule has 0 aliphatic carbocycles. The third-order valence-corrected chi connectivity index (χ3v) is 3.27. The molecule has 0 amide bonds. The molecule has 1 aromatic carbocycles. The lowest BCUT2D eigenvalue weighted by molar-refractivity contribution is -0.138. The number of halogens is 3. The fraction of sp³-hybridized carbons (Fsp3) is 0.267. The van der Waals surface area contributed by atoms with Crippen LogP contribution in [0.15, 0.2) is 47.1 Å². The van der Waals surface area contributed by atoms with Gasteiger partial charge in [-0.3, -0.25) is 0 Å². The third-order valence-electron chi connectivity index (χ3n) is 2.91. The van der Waals surface area contributed by atoms with Gasteiger partial charge in [-0.15, -0.1) is 0 Å². The van der Waals surface area contributed by atoms with Crippen molar-refractivity contribution in [2.45, 2.75) is 12.7 Å². The molecule has 1 aromatic heterocycles. The number of alkyl halides is 3. The van der Waals surface area contributed by atoms with Crippen LogP contribution in [0.3, 0.4) is 0 Å². The fourth-order valence-corrected chi connectivity index (χ4v) is 2.16. The first-order valence-corrected chi connectivity index (χ1v) is 7.07. The molecule has 0 aliphatic heterocycles. The van der Waals surface area contributed by atoms with E-state index in [9.17, 15) is 13.2 Å². The van der Waals surface area contributed by atoms with E-state index in [1.54, 1.807) is 36.4 Å². The minimum Gasteiger partial charge on any atom is -0.497 e. The zero-order valence-corrected chi connectivity index (χ0v) is 13.1. The first-order valence-electron chi connectivity index (χ1n) is 6.66. The molecule has 0 fully saturated rings. The average molecular weight is 344 g/mol. The van der Waals surface area contributed by atoms with E-state index in [0.29, 0.717) is 17.2 Å². The largest absolute Gasteiger partial charge is 0.497 e. The highest BCUT2D eigenvalue weighted by molar-refractivity contribution is 7.80. The van der Waals surface area contributed by atoms with Gasteiger partial charge in [0.1, 0.15) is 18.1 Å². The summed E-state index contributed by atoms with van der Waals surface area (Å²) < 4.78 is 48.5. The molecular weight excluding hydrogens is 329 g/mol. The molecule has 0 saturated carbocycles. The molecule has 0 saturated heterocycles. The van der Waals surface area contributed by atoms with Crippen LogP contribution >= 0.6 is 12.2 Å². The Morgan fingerprint density at radius 3 is 2.70 bits per heavy atom. The van der Waals surface area contributed by atoms with E-state index in [1.807, 2.05) is 0 Å². The van der Waals surface area contributed by atoms with Crippen LogP contribution < -0.4 is 10.1 Å². The first-order chi connectivity index (χ1) is 10.9. The molecule has 1 heterocycles. The molecule has 0 aliphatic rings. The van der Waals surface area contributed by atoms with Gasteiger partial charge in [0.25, 0.3) is 0 Å². The standard InChI is InChI=1S/C15H15F3N2O2S/c1-21-12-5-2-4-11(8-12)19-14(23)20(10-15(16,17)18)9-13-6-3-7-22-13/h2-8H,9-10H2,1H3,(H,19,23). The van der Waals surface area contributed by atoms with E-state index < -0.39 is 12.7 Å². The topological polar surface area (TPSA) is 37.6 Å². The van der Waals surface area contributed by atoms with Gasteiger partial charge in [-0.25, -0.2) is 0 Å². The normalized spacial score (nSPS) is 11.1. The van der Waals surface area contributed by atoms with Crippen LogP contribution in [-0.2, 0) is 6.54 Å². The summed E-state index contributed by atoms with van der Waals surface area (Å²) in [4.78, 5) is 0.994. The average Bonchev–Trinajstić information content (AvgIpc) is 2.98. The van der Waals surface area contributed by atoms with Gasteiger partial charge in [0.2, 0.25) is 0 Å². The third kappa shape index (κ3) is 5.48. The van der Waals surface area contributed by atoms with Crippen LogP contribution in [0.2, 0.25) is 0 Å². The van der Waals surface area contributed by atoms with Gasteiger partial charge in [-0.2, -0.15) is 13.2 Å². The Kier molecular flexibility index (Phi) is 5.49. The van der Waals surface area contributed by atoms with Crippen LogP contribution in [0.1, 0.15) is 5.76 Å². The molecule has 0 bridgehead atoms. The molecular formula is C15H15F3N2O2S. The SMILES string of the molecule is COc1cccc(NC(=S)N(Cc2ccco2)CC(F)(F)F)c1. The number of furan rings is 1. The minimum absolute atomic E-state index is 0.0491. The lowest BCUT2D eigenvalue weighted by Gasteiger charge is -2.26. The van der Waals surface area contributed by atoms with Crippen molar-refractivity contribution in [1.82, 2.24) is 4.90 Å². The Hall–Kier alpha value is -2.22. The molecule has 4 nitrogen and oxygen atoms in total. The number of thiocarbonyl (C=S) groups is 1. The summed E-state index contributed by atoms with van der Waals surface area (Å²) >= 11 is 5.11. The predicted octanol–water partition coefficient (Wildman–Crippen LogP) is 4.05. The van der Waals surface area contributed by atoms with Crippen molar-refractivity contribution in [1.29, 1.82) is 0 Å². The number of nitrogens with zero attached hydrogens (tertiary/aromatic N) is 1. The van der Waals surface area contributed by atoms with Gasteiger partial charge in [0, 0.05) is 11.8 Å². The number of hydrogen-bond acceptors (Lipinski definition) is 3. The maximum atomic E-state index is 12.8. The second kappa shape index (κ2) is 7.36. The highest BCUT2D eigenvalue weighted by Gasteiger charge is 2.32. The Bertz CT molecular complexity index is 644. The van der Waals surface area contributed by atoms with Gasteiger partial charge in [0.05, 0.1) is 19.9 Å². The molecule has 0 atom stereocenters. The number of anilines is 1. The van der Waals surface area contributed by atoms with Gasteiger partial charge in [-0.1, -0.05) is 6.07 Å². The highest BCUT2D eigenvalue weighted by Crippen LogP contribution is 2.21. The van der Waals surface area contributed by atoms with Crippen LogP contribution in [0.5, 0.6) is 5.75 Å². The van der Waals surface area contributed by atoms with E-state index in [-0.39, 0.29) is 11.7 Å². The Labute approximate surface area is 136 Å². The summed E-state index contributed by atoms with van der Waals surface area (Å²) in [6.07, 6.45) is -2.98. The fourth-order valence-electron chi connectivity index (χ4n) is 1.91. The Morgan fingerprint density at radius 1 is 1.30 bits per heavy atom. The molecule has 8 heteroatoms. The number of benzene rings is 1. The molecule has 0 radical (unpaired) electrons. The zero-order valence-electron chi connectivity index (χ0n) is 12.3. The summed E-state index contributed by atoms with van der Waals surface area (Å²) in [6.45, 7) is -1.26. The minimum atomic E-state index is -4.38. The summed E-state index contributed by atoms with van der Waals surface area (Å²) in [6, 6.07) is 9.98. The van der Waals surface area contributed by atoms with Crippen molar-refractivity contribution in [2.75, 3.05) is 19.0 Å². The number of methoxy groups -OCH3 is 1. The van der Waals surface area contributed by atoms with E-state index in [2.05, 4.69) is 5.32 Å². The lowest BCUT2D eigenvalue weighted by atomic mass is 10.3. The van der Waals surface area contributed by atoms with Crippen molar-refractivity contribution >= 4 is 23.0 Å². The smallest absolute Gasteiger partial charge is 0.406 e. The van der Waals surface area contributed by atoms with Gasteiger partial charge >= 0.3 is 6.18 Å². The van der Waals surface area contributed by atoms with Crippen LogP contribution in [-0.4, -0.2) is 29.8 Å². The quantitative estimate of drug-likeness (QED) is 0.829. The Balaban J connectivity index is 2.11. The van der Waals surface area contributed by atoms with Crippen LogP contribution in [0.25, 0.3) is 0 Å². The van der Waals surface area contributed by atoms with Crippen LogP contribution in [0.4, 0.5) is 18.9 Å². The molecule has 2 rings (SSSR count). The molecule has 124 valence electrons. The number of hydrogen-bond donors (Lipinski definition) is 1. The van der Waals surface area contributed by atoms with Crippen LogP contribution in [0, 0.1) is 0 Å². The molecule has 1 N–H and O–H groups in total. The monoisotopic (exact) mass is 344 g/mol. The summed E-state index contributed by atoms with van der Waals surface area (Å²) in [5.41, 5.74) is 0.543. The highest BCUT2D eigenvalue weighted by atomic mass is 32.1. The lowest BCUT2D eigenvalue weighted by Crippen LogP contribution is -2.40. The van der Waals surface area contributed by atoms with Gasteiger partial charge < -0.3 is 19.4 Å². The van der Waals surface area contributed by atoms with E-state index in [4.69, 9.17) is 21.4 Å². The molecule has 2 aromatic rings. The number of ether oxygens (including phenoxy) is 1. The van der Waals surface area contributed by atoms with Gasteiger partial charge in [-0.05, 0) is 36.5 Å². The second-order valence-electron chi connectivity index (χ2n) is 4.71. The molecule has 0 unspecified atom stereocenters. The summed E-state index contributed by atoms with van der Waals surface area (Å²) in [7, 11) is 1.50. The zero-order chi connectivity index (χ0) is 16.9. The van der Waals surface area contributed by atoms with E-state index in [0.717, 1.165) is 4.90 Å².